The van der Waals surface area contributed by atoms with Crippen LogP contribution in [0.5, 0.6) is 5.75 Å². The summed E-state index contributed by atoms with van der Waals surface area (Å²) >= 11 is 0. The highest BCUT2D eigenvalue weighted by molar-refractivity contribution is 5.94. The topological polar surface area (TPSA) is 113 Å². The van der Waals surface area contributed by atoms with Crippen LogP contribution in [0, 0.1) is 6.92 Å². The summed E-state index contributed by atoms with van der Waals surface area (Å²) in [5, 5.41) is 6.89. The molecule has 9 nitrogen and oxygen atoms in total. The zero-order chi connectivity index (χ0) is 22.3. The molecular weight excluding hydrogens is 390 g/mol. The summed E-state index contributed by atoms with van der Waals surface area (Å²) in [7, 11) is 1.59. The molecule has 0 radical (unpaired) electrons. The number of nitrogens with zero attached hydrogens (tertiary/aromatic N) is 3. The number of hydrogen-bond acceptors (Lipinski definition) is 6. The minimum atomic E-state index is -0.511. The molecule has 0 bridgehead atoms. The predicted molar refractivity (Wildman–Crippen MR) is 109 cm³/mol. The number of ether oxygens (including phenoxy) is 1. The molecule has 1 aliphatic rings. The van der Waals surface area contributed by atoms with E-state index < -0.39 is 6.04 Å². The van der Waals surface area contributed by atoms with E-state index in [2.05, 4.69) is 4.98 Å². The van der Waals surface area contributed by atoms with E-state index in [-0.39, 0.29) is 31.4 Å². The molecule has 3 rings (SSSR count). The molecule has 0 saturated carbocycles. The molecule has 1 atom stereocenters. The molecule has 0 spiro atoms. The molecule has 162 valence electrons. The Morgan fingerprint density at radius 2 is 2.00 bits per heavy atom. The summed E-state index contributed by atoms with van der Waals surface area (Å²) in [6.07, 6.45) is 0.830. The van der Waals surface area contributed by atoms with Crippen LogP contribution in [-0.2, 0) is 20.9 Å². The maximum atomic E-state index is 12.6. The van der Waals surface area contributed by atoms with Gasteiger partial charge in [-0.05, 0) is 32.4 Å². The Bertz CT molecular complexity index is 895. The normalized spacial score (nSPS) is 16.2. The number of carbonyl (C=O) groups excluding carboxylic acids is 2. The van der Waals surface area contributed by atoms with Crippen LogP contribution in [0.4, 0.5) is 0 Å². The van der Waals surface area contributed by atoms with Gasteiger partial charge in [-0.25, -0.2) is 4.98 Å². The fourth-order valence-corrected chi connectivity index (χ4v) is 3.30. The highest BCUT2D eigenvalue weighted by Gasteiger charge is 2.36. The number of amides is 2. The molecule has 1 aliphatic heterocycles. The lowest BCUT2D eigenvalue weighted by Crippen LogP contribution is -2.58. The maximum Gasteiger partial charge on any atom is 0.290 e. The first-order valence-corrected chi connectivity index (χ1v) is 9.63. The zero-order valence-electron chi connectivity index (χ0n) is 17.6. The molecule has 1 saturated heterocycles. The van der Waals surface area contributed by atoms with Crippen LogP contribution in [0.3, 0.4) is 0 Å². The Morgan fingerprint density at radius 1 is 1.33 bits per heavy atom. The first-order valence-electron chi connectivity index (χ1n) is 9.63. The highest BCUT2D eigenvalue weighted by atomic mass is 16.5. The summed E-state index contributed by atoms with van der Waals surface area (Å²) in [6, 6.07) is 6.96. The van der Waals surface area contributed by atoms with Crippen LogP contribution >= 0.6 is 0 Å². The SMILES string of the molecule is CCCN1CC(=O)N(Cc2nc(-c3ccccc3OC)oc2C)[C@H](C)C1=O.O=CO. The fraction of sp³-hybridized carbons (Fsp3) is 0.429. The van der Waals surface area contributed by atoms with Gasteiger partial charge in [0.05, 0.1) is 25.8 Å². The number of para-hydroxylation sites is 1. The van der Waals surface area contributed by atoms with Crippen LogP contribution in [0.2, 0.25) is 0 Å². The van der Waals surface area contributed by atoms with Crippen LogP contribution in [0.15, 0.2) is 28.7 Å². The average Bonchev–Trinajstić information content (AvgIpc) is 3.10. The van der Waals surface area contributed by atoms with Crippen molar-refractivity contribution in [3.05, 3.63) is 35.7 Å². The van der Waals surface area contributed by atoms with Crippen molar-refractivity contribution in [2.24, 2.45) is 0 Å². The van der Waals surface area contributed by atoms with Crippen molar-refractivity contribution >= 4 is 18.3 Å². The molecule has 0 aliphatic carbocycles. The second-order valence-electron chi connectivity index (χ2n) is 6.78. The zero-order valence-corrected chi connectivity index (χ0v) is 17.6. The number of aromatic nitrogens is 1. The van der Waals surface area contributed by atoms with Crippen molar-refractivity contribution in [2.45, 2.75) is 39.8 Å². The molecule has 1 fully saturated rings. The second kappa shape index (κ2) is 10.4. The first-order chi connectivity index (χ1) is 14.4. The molecule has 2 heterocycles. The van der Waals surface area contributed by atoms with E-state index in [0.29, 0.717) is 29.6 Å². The van der Waals surface area contributed by atoms with E-state index in [4.69, 9.17) is 19.1 Å². The van der Waals surface area contributed by atoms with Gasteiger partial charge >= 0.3 is 0 Å². The summed E-state index contributed by atoms with van der Waals surface area (Å²) in [5.41, 5.74) is 1.39. The van der Waals surface area contributed by atoms with E-state index in [9.17, 15) is 9.59 Å². The summed E-state index contributed by atoms with van der Waals surface area (Å²) in [5.74, 6) is 1.63. The van der Waals surface area contributed by atoms with Crippen molar-refractivity contribution in [2.75, 3.05) is 20.2 Å². The lowest BCUT2D eigenvalue weighted by Gasteiger charge is -2.38. The minimum Gasteiger partial charge on any atom is -0.496 e. The van der Waals surface area contributed by atoms with Gasteiger partial charge in [0.25, 0.3) is 6.47 Å². The fourth-order valence-electron chi connectivity index (χ4n) is 3.30. The number of piperazine rings is 1. The van der Waals surface area contributed by atoms with E-state index in [1.807, 2.05) is 38.1 Å². The van der Waals surface area contributed by atoms with Gasteiger partial charge in [0.1, 0.15) is 23.2 Å². The lowest BCUT2D eigenvalue weighted by atomic mass is 10.1. The van der Waals surface area contributed by atoms with Gasteiger partial charge in [-0.2, -0.15) is 0 Å². The lowest BCUT2D eigenvalue weighted by molar-refractivity contribution is -0.155. The number of rotatable bonds is 6. The van der Waals surface area contributed by atoms with Gasteiger partial charge in [-0.1, -0.05) is 19.1 Å². The quantitative estimate of drug-likeness (QED) is 0.718. The van der Waals surface area contributed by atoms with Crippen molar-refractivity contribution in [1.29, 1.82) is 0 Å². The van der Waals surface area contributed by atoms with Gasteiger partial charge in [-0.3, -0.25) is 14.4 Å². The van der Waals surface area contributed by atoms with E-state index in [1.165, 1.54) is 0 Å². The third-order valence-corrected chi connectivity index (χ3v) is 4.83. The Morgan fingerprint density at radius 3 is 2.63 bits per heavy atom. The van der Waals surface area contributed by atoms with E-state index >= 15 is 0 Å². The Hall–Kier alpha value is -3.36. The van der Waals surface area contributed by atoms with Crippen LogP contribution in [0.25, 0.3) is 11.5 Å². The van der Waals surface area contributed by atoms with Crippen LogP contribution in [-0.4, -0.2) is 64.4 Å². The number of carbonyl (C=O) groups is 3. The van der Waals surface area contributed by atoms with Gasteiger partial charge in [0.2, 0.25) is 17.7 Å². The standard InChI is InChI=1S/C20H25N3O4.CH2O2/c1-5-10-22-12-18(24)23(13(2)20(22)25)11-16-14(3)27-19(21-16)15-8-6-7-9-17(15)26-4;2-1-3/h6-9,13H,5,10-12H2,1-4H3;1H,(H,2,3)/t13-;/m1./s1. The molecule has 30 heavy (non-hydrogen) atoms. The van der Waals surface area contributed by atoms with Gasteiger partial charge in [0.15, 0.2) is 0 Å². The van der Waals surface area contributed by atoms with E-state index in [0.717, 1.165) is 12.0 Å². The van der Waals surface area contributed by atoms with Crippen molar-refractivity contribution < 1.29 is 28.6 Å². The molecular formula is C21H27N3O6. The Balaban J connectivity index is 0.00000101. The first kappa shape index (κ1) is 22.9. The number of carboxylic acid groups (broad SMARTS) is 1. The molecule has 9 heteroatoms. The third kappa shape index (κ3) is 4.97. The number of oxazole rings is 1. The van der Waals surface area contributed by atoms with Crippen molar-refractivity contribution in [3.8, 4) is 17.2 Å². The smallest absolute Gasteiger partial charge is 0.290 e. The maximum absolute atomic E-state index is 12.6. The second-order valence-corrected chi connectivity index (χ2v) is 6.78. The molecule has 1 N–H and O–H groups in total. The molecule has 2 aromatic rings. The number of methoxy groups -OCH3 is 1. The van der Waals surface area contributed by atoms with Gasteiger partial charge < -0.3 is 24.1 Å². The van der Waals surface area contributed by atoms with Gasteiger partial charge in [-0.15, -0.1) is 0 Å². The van der Waals surface area contributed by atoms with Crippen molar-refractivity contribution in [3.63, 3.8) is 0 Å². The number of benzene rings is 1. The van der Waals surface area contributed by atoms with Crippen molar-refractivity contribution in [1.82, 2.24) is 14.8 Å². The Kier molecular flexibility index (Phi) is 7.97. The highest BCUT2D eigenvalue weighted by Crippen LogP contribution is 2.31. The monoisotopic (exact) mass is 417 g/mol. The minimum absolute atomic E-state index is 0.0254. The summed E-state index contributed by atoms with van der Waals surface area (Å²) in [6.45, 7) is 6.28. The van der Waals surface area contributed by atoms with Gasteiger partial charge in [0, 0.05) is 6.54 Å². The van der Waals surface area contributed by atoms with E-state index in [1.54, 1.807) is 23.8 Å². The molecule has 2 amide bonds. The summed E-state index contributed by atoms with van der Waals surface area (Å²) < 4.78 is 11.2. The largest absolute Gasteiger partial charge is 0.496 e. The molecule has 1 aromatic carbocycles. The summed E-state index contributed by atoms with van der Waals surface area (Å²) in [4.78, 5) is 41.2. The predicted octanol–water partition coefficient (Wildman–Crippen LogP) is 2.33. The Labute approximate surface area is 175 Å². The molecule has 1 aromatic heterocycles. The average molecular weight is 417 g/mol. The third-order valence-electron chi connectivity index (χ3n) is 4.83. The number of aryl methyl sites for hydroxylation is 1. The van der Waals surface area contributed by atoms with Crippen LogP contribution in [0.1, 0.15) is 31.7 Å². The number of hydrogen-bond donors (Lipinski definition) is 1. The molecule has 0 unspecified atom stereocenters. The van der Waals surface area contributed by atoms with Crippen LogP contribution < -0.4 is 4.74 Å².